The fraction of sp³-hybridized carbons (Fsp3) is 0.562. The lowest BCUT2D eigenvalue weighted by Crippen LogP contribution is -2.36. The second kappa shape index (κ2) is 6.35. The van der Waals surface area contributed by atoms with Gasteiger partial charge in [0.25, 0.3) is 5.91 Å². The van der Waals surface area contributed by atoms with Crippen molar-refractivity contribution >= 4 is 17.5 Å². The summed E-state index contributed by atoms with van der Waals surface area (Å²) in [5.74, 6) is 0.525. The average molecular weight is 337 g/mol. The fourth-order valence-corrected chi connectivity index (χ4v) is 3.65. The van der Waals surface area contributed by atoms with Gasteiger partial charge in [0.2, 0.25) is 0 Å². The molecule has 0 unspecified atom stereocenters. The minimum absolute atomic E-state index is 0.0367. The van der Waals surface area contributed by atoms with Crippen molar-refractivity contribution in [1.82, 2.24) is 19.8 Å². The van der Waals surface area contributed by atoms with Gasteiger partial charge in [0, 0.05) is 13.6 Å². The van der Waals surface area contributed by atoms with Crippen molar-refractivity contribution in [2.75, 3.05) is 6.54 Å². The van der Waals surface area contributed by atoms with Gasteiger partial charge < -0.3 is 9.42 Å². The summed E-state index contributed by atoms with van der Waals surface area (Å²) in [5.41, 5.74) is 2.09. The Morgan fingerprint density at radius 3 is 2.74 bits per heavy atom. The van der Waals surface area contributed by atoms with E-state index in [0.29, 0.717) is 28.6 Å². The molecule has 3 rings (SSSR count). The van der Waals surface area contributed by atoms with Gasteiger partial charge in [-0.1, -0.05) is 29.6 Å². The van der Waals surface area contributed by atoms with Crippen LogP contribution in [0.15, 0.2) is 10.7 Å². The van der Waals surface area contributed by atoms with Crippen molar-refractivity contribution < 1.29 is 9.32 Å². The zero-order valence-corrected chi connectivity index (χ0v) is 14.4. The molecular formula is C16H21ClN4O2. The summed E-state index contributed by atoms with van der Waals surface area (Å²) in [6.07, 6.45) is 5.69. The lowest BCUT2D eigenvalue weighted by molar-refractivity contribution is 0.0671. The number of hydrogen-bond donors (Lipinski definition) is 0. The Bertz CT molecular complexity index is 683. The molecule has 0 spiro atoms. The summed E-state index contributed by atoms with van der Waals surface area (Å²) in [5, 5.41) is 8.75. The second-order valence-electron chi connectivity index (χ2n) is 6.06. The number of likely N-dealkylation sites (tertiary alicyclic amines) is 1. The molecule has 6 nitrogen and oxygen atoms in total. The highest BCUT2D eigenvalue weighted by molar-refractivity contribution is 6.31. The Morgan fingerprint density at radius 2 is 2.13 bits per heavy atom. The van der Waals surface area contributed by atoms with Crippen LogP contribution in [0, 0.1) is 13.8 Å². The molecule has 0 saturated carbocycles. The van der Waals surface area contributed by atoms with Gasteiger partial charge in [-0.15, -0.1) is 0 Å². The first-order valence-corrected chi connectivity index (χ1v) is 8.29. The maximum Gasteiger partial charge on any atom is 0.259 e. The number of carbonyl (C=O) groups is 1. The normalized spacial score (nSPS) is 19.0. The Labute approximate surface area is 140 Å². The predicted molar refractivity (Wildman–Crippen MR) is 86.4 cm³/mol. The van der Waals surface area contributed by atoms with Gasteiger partial charge in [-0.2, -0.15) is 5.10 Å². The SMILES string of the molecule is Cc1noc(C)c1C(=O)N1CCCCC[C@@H]1c1c(Cl)cnn1C. The summed E-state index contributed by atoms with van der Waals surface area (Å²) in [4.78, 5) is 15.0. The van der Waals surface area contributed by atoms with Gasteiger partial charge in [-0.05, 0) is 26.7 Å². The standard InChI is InChI=1S/C16H21ClN4O2/c1-10-14(11(2)23-19-10)16(22)21-8-6-4-5-7-13(21)15-12(17)9-18-20(15)3/h9,13H,4-8H2,1-3H3/t13-/m1/s1. The van der Waals surface area contributed by atoms with Crippen LogP contribution in [0.25, 0.3) is 0 Å². The van der Waals surface area contributed by atoms with E-state index in [-0.39, 0.29) is 11.9 Å². The number of hydrogen-bond acceptors (Lipinski definition) is 4. The Hall–Kier alpha value is -1.82. The van der Waals surface area contributed by atoms with E-state index in [1.807, 2.05) is 11.9 Å². The minimum atomic E-state index is -0.0706. The molecule has 7 heteroatoms. The summed E-state index contributed by atoms with van der Waals surface area (Å²) >= 11 is 6.34. The molecule has 0 bridgehead atoms. The van der Waals surface area contributed by atoms with E-state index in [1.54, 1.807) is 24.7 Å². The van der Waals surface area contributed by atoms with E-state index >= 15 is 0 Å². The first kappa shape index (κ1) is 16.1. The molecule has 2 aromatic rings. The molecule has 3 heterocycles. The van der Waals surface area contributed by atoms with Crippen LogP contribution in [-0.2, 0) is 7.05 Å². The van der Waals surface area contributed by atoms with Gasteiger partial charge in [0.15, 0.2) is 0 Å². The van der Waals surface area contributed by atoms with Crippen molar-refractivity contribution in [2.24, 2.45) is 7.05 Å². The van der Waals surface area contributed by atoms with E-state index in [2.05, 4.69) is 10.3 Å². The molecule has 2 aromatic heterocycles. The van der Waals surface area contributed by atoms with Crippen molar-refractivity contribution in [2.45, 2.75) is 45.6 Å². The molecule has 0 aromatic carbocycles. The maximum atomic E-state index is 13.1. The van der Waals surface area contributed by atoms with Gasteiger partial charge >= 0.3 is 0 Å². The third-order valence-electron chi connectivity index (χ3n) is 4.51. The molecule has 0 N–H and O–H groups in total. The first-order chi connectivity index (χ1) is 11.0. The van der Waals surface area contributed by atoms with Crippen LogP contribution < -0.4 is 0 Å². The monoisotopic (exact) mass is 336 g/mol. The molecule has 1 saturated heterocycles. The van der Waals surface area contributed by atoms with E-state index in [1.165, 1.54) is 0 Å². The zero-order valence-electron chi connectivity index (χ0n) is 13.7. The third-order valence-corrected chi connectivity index (χ3v) is 4.81. The Morgan fingerprint density at radius 1 is 1.35 bits per heavy atom. The quantitative estimate of drug-likeness (QED) is 0.842. The highest BCUT2D eigenvalue weighted by atomic mass is 35.5. The van der Waals surface area contributed by atoms with Gasteiger partial charge in [0.05, 0.1) is 28.6 Å². The molecular weight excluding hydrogens is 316 g/mol. The van der Waals surface area contributed by atoms with Crippen molar-refractivity contribution in [3.63, 3.8) is 0 Å². The van der Waals surface area contributed by atoms with E-state index in [0.717, 1.165) is 31.4 Å². The molecule has 1 fully saturated rings. The van der Waals surface area contributed by atoms with Crippen LogP contribution in [0.3, 0.4) is 0 Å². The number of nitrogens with zero attached hydrogens (tertiary/aromatic N) is 4. The zero-order chi connectivity index (χ0) is 16.6. The highest BCUT2D eigenvalue weighted by Crippen LogP contribution is 2.35. The van der Waals surface area contributed by atoms with Crippen molar-refractivity contribution in [3.05, 3.63) is 33.9 Å². The highest BCUT2D eigenvalue weighted by Gasteiger charge is 2.33. The molecule has 0 aliphatic carbocycles. The van der Waals surface area contributed by atoms with E-state index in [9.17, 15) is 4.79 Å². The first-order valence-electron chi connectivity index (χ1n) is 7.92. The van der Waals surface area contributed by atoms with Crippen LogP contribution in [0.1, 0.15) is 59.2 Å². The molecule has 23 heavy (non-hydrogen) atoms. The average Bonchev–Trinajstić information content (AvgIpc) is 2.92. The molecule has 1 aliphatic rings. The minimum Gasteiger partial charge on any atom is -0.361 e. The number of carbonyl (C=O) groups excluding carboxylic acids is 1. The number of halogens is 1. The third kappa shape index (κ3) is 2.87. The predicted octanol–water partition coefficient (Wildman–Crippen LogP) is 3.44. The number of amides is 1. The van der Waals surface area contributed by atoms with Gasteiger partial charge in [0.1, 0.15) is 11.3 Å². The van der Waals surface area contributed by atoms with Crippen molar-refractivity contribution in [1.29, 1.82) is 0 Å². The molecule has 124 valence electrons. The molecule has 1 aliphatic heterocycles. The van der Waals surface area contributed by atoms with Gasteiger partial charge in [-0.3, -0.25) is 9.48 Å². The number of rotatable bonds is 2. The summed E-state index contributed by atoms with van der Waals surface area (Å²) in [7, 11) is 1.87. The smallest absolute Gasteiger partial charge is 0.259 e. The second-order valence-corrected chi connectivity index (χ2v) is 6.47. The number of aryl methyl sites for hydroxylation is 3. The van der Waals surface area contributed by atoms with Crippen LogP contribution in [0.2, 0.25) is 5.02 Å². The summed E-state index contributed by atoms with van der Waals surface area (Å²) in [6, 6.07) is -0.0706. The Kier molecular flexibility index (Phi) is 4.43. The molecule has 1 atom stereocenters. The van der Waals surface area contributed by atoms with Gasteiger partial charge in [-0.25, -0.2) is 0 Å². The van der Waals surface area contributed by atoms with E-state index < -0.39 is 0 Å². The largest absolute Gasteiger partial charge is 0.361 e. The van der Waals surface area contributed by atoms with Crippen LogP contribution in [0.4, 0.5) is 0 Å². The summed E-state index contributed by atoms with van der Waals surface area (Å²) in [6.45, 7) is 4.28. The van der Waals surface area contributed by atoms with Crippen LogP contribution in [0.5, 0.6) is 0 Å². The van der Waals surface area contributed by atoms with Crippen LogP contribution in [-0.4, -0.2) is 32.3 Å². The number of aromatic nitrogens is 3. The van der Waals surface area contributed by atoms with Crippen LogP contribution >= 0.6 is 11.6 Å². The molecule has 0 radical (unpaired) electrons. The Balaban J connectivity index is 2.01. The van der Waals surface area contributed by atoms with Crippen molar-refractivity contribution in [3.8, 4) is 0 Å². The lowest BCUT2D eigenvalue weighted by Gasteiger charge is -2.30. The lowest BCUT2D eigenvalue weighted by atomic mass is 10.0. The topological polar surface area (TPSA) is 64.2 Å². The summed E-state index contributed by atoms with van der Waals surface area (Å²) < 4.78 is 6.94. The molecule has 1 amide bonds. The van der Waals surface area contributed by atoms with E-state index in [4.69, 9.17) is 16.1 Å². The maximum absolute atomic E-state index is 13.1. The fourth-order valence-electron chi connectivity index (χ4n) is 3.36.